The van der Waals surface area contributed by atoms with Gasteiger partial charge in [0.05, 0.1) is 20.8 Å². The summed E-state index contributed by atoms with van der Waals surface area (Å²) in [7, 11) is 6.88. The Labute approximate surface area is 179 Å². The summed E-state index contributed by atoms with van der Waals surface area (Å²) in [6, 6.07) is 12.6. The topological polar surface area (TPSA) is 67.4 Å². The average molecular weight is 413 g/mol. The molecule has 0 spiro atoms. The summed E-state index contributed by atoms with van der Waals surface area (Å²) in [4.78, 5) is 6.77. The number of ether oxygens (including phenoxy) is 3. The largest absolute Gasteiger partial charge is 0.493 e. The Balaban J connectivity index is 1.59. The molecule has 0 unspecified atom stereocenters. The number of anilines is 1. The van der Waals surface area contributed by atoms with Crippen LogP contribution in [0.1, 0.15) is 16.7 Å². The lowest BCUT2D eigenvalue weighted by atomic mass is 9.99. The quantitative estimate of drug-likeness (QED) is 0.395. The van der Waals surface area contributed by atoms with Crippen molar-refractivity contribution < 1.29 is 14.2 Å². The fraction of sp³-hybridized carbons (Fsp3) is 0.435. The predicted octanol–water partition coefficient (Wildman–Crippen LogP) is 2.90. The minimum absolute atomic E-state index is 0.692. The maximum absolute atomic E-state index is 5.47. The van der Waals surface area contributed by atoms with Crippen molar-refractivity contribution in [3.63, 3.8) is 0 Å². The predicted molar refractivity (Wildman–Crippen MR) is 121 cm³/mol. The lowest BCUT2D eigenvalue weighted by Crippen LogP contribution is -2.43. The molecular weight excluding hydrogens is 380 g/mol. The van der Waals surface area contributed by atoms with Crippen molar-refractivity contribution in [2.45, 2.75) is 19.5 Å². The van der Waals surface area contributed by atoms with Crippen LogP contribution in [0.3, 0.4) is 0 Å². The van der Waals surface area contributed by atoms with Crippen LogP contribution in [0.15, 0.2) is 41.4 Å². The molecule has 0 amide bonds. The Morgan fingerprint density at radius 1 is 1.03 bits per heavy atom. The number of methoxy groups -OCH3 is 3. The summed E-state index contributed by atoms with van der Waals surface area (Å²) in [6.45, 7) is 3.91. The first kappa shape index (κ1) is 21.8. The van der Waals surface area contributed by atoms with E-state index in [1.165, 1.54) is 16.7 Å². The maximum atomic E-state index is 5.47. The lowest BCUT2D eigenvalue weighted by molar-refractivity contribution is 0.211. The molecule has 162 valence electrons. The van der Waals surface area contributed by atoms with Gasteiger partial charge in [0, 0.05) is 46.0 Å². The third kappa shape index (κ3) is 5.36. The van der Waals surface area contributed by atoms with Gasteiger partial charge in [-0.25, -0.2) is 0 Å². The van der Waals surface area contributed by atoms with E-state index < -0.39 is 0 Å². The van der Waals surface area contributed by atoms with E-state index in [0.29, 0.717) is 6.61 Å². The van der Waals surface area contributed by atoms with E-state index >= 15 is 0 Å². The van der Waals surface area contributed by atoms with Crippen LogP contribution in [0, 0.1) is 0 Å². The summed E-state index contributed by atoms with van der Waals surface area (Å²) in [5.74, 6) is 2.45. The molecule has 0 aliphatic carbocycles. The maximum Gasteiger partial charge on any atom is 0.194 e. The van der Waals surface area contributed by atoms with Crippen LogP contribution in [-0.4, -0.2) is 58.9 Å². The van der Waals surface area contributed by atoms with Gasteiger partial charge in [0.2, 0.25) is 0 Å². The zero-order valence-corrected chi connectivity index (χ0v) is 18.3. The Hall–Kier alpha value is -2.93. The number of nitrogens with zero attached hydrogens (tertiary/aromatic N) is 2. The molecule has 0 fully saturated rings. The van der Waals surface area contributed by atoms with Crippen LogP contribution >= 0.6 is 0 Å². The molecule has 2 aromatic rings. The molecule has 7 nitrogen and oxygen atoms in total. The van der Waals surface area contributed by atoms with Crippen LogP contribution in [-0.2, 0) is 24.2 Å². The monoisotopic (exact) mass is 412 g/mol. The van der Waals surface area contributed by atoms with Crippen molar-refractivity contribution in [2.75, 3.05) is 53.4 Å². The van der Waals surface area contributed by atoms with Crippen molar-refractivity contribution >= 4 is 11.6 Å². The molecule has 3 rings (SSSR count). The number of guanidine groups is 1. The second-order valence-corrected chi connectivity index (χ2v) is 7.16. The van der Waals surface area contributed by atoms with E-state index in [9.17, 15) is 0 Å². The number of hydrogen-bond donors (Lipinski definition) is 2. The molecule has 0 bridgehead atoms. The smallest absolute Gasteiger partial charge is 0.194 e. The lowest BCUT2D eigenvalue weighted by Gasteiger charge is -2.32. The minimum atomic E-state index is 0.692. The van der Waals surface area contributed by atoms with Crippen molar-refractivity contribution in [3.8, 4) is 11.5 Å². The highest BCUT2D eigenvalue weighted by molar-refractivity contribution is 5.80. The standard InChI is InChI=1S/C23H32N4O3/c1-24-23(26-15-17-5-7-20(8-6-17)25-10-12-28-2)27-11-9-18-13-21(29-3)22(30-4)14-19(18)16-27/h5-8,13-14,25H,9-12,15-16H2,1-4H3,(H,24,26). The van der Waals surface area contributed by atoms with Crippen LogP contribution < -0.4 is 20.1 Å². The number of aliphatic imine (C=N–C) groups is 1. The highest BCUT2D eigenvalue weighted by atomic mass is 16.5. The Bertz CT molecular complexity index is 852. The molecule has 2 N–H and O–H groups in total. The number of fused-ring (bicyclic) bond motifs is 1. The summed E-state index contributed by atoms with van der Waals surface area (Å²) < 4.78 is 16.0. The molecule has 1 aliphatic heterocycles. The first-order valence-corrected chi connectivity index (χ1v) is 10.2. The molecule has 7 heteroatoms. The van der Waals surface area contributed by atoms with Crippen LogP contribution in [0.2, 0.25) is 0 Å². The van der Waals surface area contributed by atoms with E-state index in [1.54, 1.807) is 21.3 Å². The third-order valence-corrected chi connectivity index (χ3v) is 5.27. The highest BCUT2D eigenvalue weighted by Gasteiger charge is 2.21. The van der Waals surface area contributed by atoms with Gasteiger partial charge in [0.25, 0.3) is 0 Å². The number of hydrogen-bond acceptors (Lipinski definition) is 5. The molecule has 0 saturated heterocycles. The van der Waals surface area contributed by atoms with E-state index in [4.69, 9.17) is 14.2 Å². The van der Waals surface area contributed by atoms with Crippen LogP contribution in [0.25, 0.3) is 0 Å². The summed E-state index contributed by atoms with van der Waals surface area (Å²) >= 11 is 0. The summed E-state index contributed by atoms with van der Waals surface area (Å²) in [5, 5.41) is 6.82. The first-order valence-electron chi connectivity index (χ1n) is 10.2. The van der Waals surface area contributed by atoms with Crippen molar-refractivity contribution in [3.05, 3.63) is 53.1 Å². The van der Waals surface area contributed by atoms with Crippen molar-refractivity contribution in [1.82, 2.24) is 10.2 Å². The second-order valence-electron chi connectivity index (χ2n) is 7.16. The fourth-order valence-corrected chi connectivity index (χ4v) is 3.62. The first-order chi connectivity index (χ1) is 14.7. The van der Waals surface area contributed by atoms with Gasteiger partial charge >= 0.3 is 0 Å². The molecule has 0 radical (unpaired) electrons. The van der Waals surface area contributed by atoms with Gasteiger partial charge in [-0.2, -0.15) is 0 Å². The minimum Gasteiger partial charge on any atom is -0.493 e. The van der Waals surface area contributed by atoms with E-state index in [0.717, 1.165) is 55.7 Å². The fourth-order valence-electron chi connectivity index (χ4n) is 3.62. The van der Waals surface area contributed by atoms with Gasteiger partial charge in [-0.05, 0) is 47.4 Å². The van der Waals surface area contributed by atoms with E-state index in [2.05, 4.69) is 56.9 Å². The molecule has 0 atom stereocenters. The summed E-state index contributed by atoms with van der Waals surface area (Å²) in [6.07, 6.45) is 0.943. The zero-order valence-electron chi connectivity index (χ0n) is 18.3. The van der Waals surface area contributed by atoms with Gasteiger partial charge in [0.15, 0.2) is 17.5 Å². The molecule has 30 heavy (non-hydrogen) atoms. The van der Waals surface area contributed by atoms with Gasteiger partial charge in [0.1, 0.15) is 0 Å². The van der Waals surface area contributed by atoms with Crippen LogP contribution in [0.5, 0.6) is 11.5 Å². The van der Waals surface area contributed by atoms with E-state index in [-0.39, 0.29) is 0 Å². The van der Waals surface area contributed by atoms with Gasteiger partial charge in [-0.1, -0.05) is 12.1 Å². The van der Waals surface area contributed by atoms with E-state index in [1.807, 2.05) is 7.05 Å². The van der Waals surface area contributed by atoms with Gasteiger partial charge in [-0.15, -0.1) is 0 Å². The number of benzene rings is 2. The molecular formula is C23H32N4O3. The van der Waals surface area contributed by atoms with Gasteiger partial charge in [-0.3, -0.25) is 4.99 Å². The number of nitrogens with one attached hydrogen (secondary N) is 2. The Morgan fingerprint density at radius 2 is 1.73 bits per heavy atom. The van der Waals surface area contributed by atoms with Crippen LogP contribution in [0.4, 0.5) is 5.69 Å². The average Bonchev–Trinajstić information content (AvgIpc) is 2.79. The summed E-state index contributed by atoms with van der Waals surface area (Å²) in [5.41, 5.74) is 4.85. The van der Waals surface area contributed by atoms with Crippen molar-refractivity contribution in [1.29, 1.82) is 0 Å². The normalized spacial score (nSPS) is 13.6. The molecule has 0 aromatic heterocycles. The molecule has 1 heterocycles. The molecule has 0 saturated carbocycles. The number of rotatable bonds is 8. The molecule has 2 aromatic carbocycles. The van der Waals surface area contributed by atoms with Crippen molar-refractivity contribution in [2.24, 2.45) is 4.99 Å². The highest BCUT2D eigenvalue weighted by Crippen LogP contribution is 2.33. The Kier molecular flexibility index (Phi) is 7.79. The second kappa shape index (κ2) is 10.7. The SMILES string of the molecule is CN=C(NCc1ccc(NCCOC)cc1)N1CCc2cc(OC)c(OC)cc2C1. The zero-order chi connectivity index (χ0) is 21.3. The van der Waals surface area contributed by atoms with Gasteiger partial charge < -0.3 is 29.7 Å². The molecule has 1 aliphatic rings. The third-order valence-electron chi connectivity index (χ3n) is 5.27. The Morgan fingerprint density at radius 3 is 2.37 bits per heavy atom.